The van der Waals surface area contributed by atoms with Crippen LogP contribution in [0.1, 0.15) is 38.4 Å². The van der Waals surface area contributed by atoms with Gasteiger partial charge >= 0.3 is 12.2 Å². The van der Waals surface area contributed by atoms with E-state index < -0.39 is 17.8 Å². The van der Waals surface area contributed by atoms with Gasteiger partial charge in [-0.05, 0) is 57.2 Å². The van der Waals surface area contributed by atoms with Crippen molar-refractivity contribution in [3.8, 4) is 0 Å². The summed E-state index contributed by atoms with van der Waals surface area (Å²) in [6.07, 6.45) is 0.915. The molecule has 0 spiro atoms. The Kier molecular flexibility index (Phi) is 7.70. The largest absolute Gasteiger partial charge is 0.508 e. The van der Waals surface area contributed by atoms with Crippen molar-refractivity contribution < 1.29 is 23.8 Å². The summed E-state index contributed by atoms with van der Waals surface area (Å²) >= 11 is 0. The van der Waals surface area contributed by atoms with Crippen LogP contribution in [0.3, 0.4) is 0 Å². The van der Waals surface area contributed by atoms with E-state index in [1.807, 2.05) is 39.0 Å². The number of alkyl carbamates (subject to hydrolysis) is 1. The van der Waals surface area contributed by atoms with Gasteiger partial charge in [0.2, 0.25) is 0 Å². The smallest absolute Gasteiger partial charge is 0.444 e. The van der Waals surface area contributed by atoms with Gasteiger partial charge in [0.25, 0.3) is 0 Å². The van der Waals surface area contributed by atoms with E-state index in [2.05, 4.69) is 27.7 Å². The highest BCUT2D eigenvalue weighted by molar-refractivity contribution is 5.84. The molecule has 0 saturated heterocycles. The van der Waals surface area contributed by atoms with Crippen LogP contribution in [-0.2, 0) is 27.1 Å². The number of aromatic nitrogens is 1. The maximum absolute atomic E-state index is 11.9. The Hall–Kier alpha value is -2.96. The minimum Gasteiger partial charge on any atom is -0.444 e. The minimum atomic E-state index is -0.717. The molecule has 0 atom stereocenters. The number of H-pyrrole nitrogens is 1. The van der Waals surface area contributed by atoms with Gasteiger partial charge < -0.3 is 24.5 Å². The molecule has 29 heavy (non-hydrogen) atoms. The number of ether oxygens (including phenoxy) is 3. The third-order valence-electron chi connectivity index (χ3n) is 4.23. The lowest BCUT2D eigenvalue weighted by Gasteiger charge is -2.19. The molecule has 2 aromatic rings. The fourth-order valence-electron chi connectivity index (χ4n) is 2.95. The molecule has 1 heterocycles. The van der Waals surface area contributed by atoms with Crippen molar-refractivity contribution in [3.05, 3.63) is 47.7 Å². The van der Waals surface area contributed by atoms with Crippen molar-refractivity contribution >= 4 is 23.2 Å². The maximum Gasteiger partial charge on any atom is 0.508 e. The summed E-state index contributed by atoms with van der Waals surface area (Å²) in [4.78, 5) is 26.4. The number of nitrogens with one attached hydrogen (secondary N) is 2. The van der Waals surface area contributed by atoms with Crippen molar-refractivity contribution in [3.63, 3.8) is 0 Å². The lowest BCUT2D eigenvalue weighted by molar-refractivity contribution is 0.0528. The highest BCUT2D eigenvalue weighted by atomic mass is 16.7. The monoisotopic (exact) mass is 402 g/mol. The van der Waals surface area contributed by atoms with Crippen molar-refractivity contribution in [2.24, 2.45) is 0 Å². The molecule has 1 aromatic heterocycles. The van der Waals surface area contributed by atoms with E-state index >= 15 is 0 Å². The van der Waals surface area contributed by atoms with E-state index in [0.717, 1.165) is 34.2 Å². The second-order valence-electron chi connectivity index (χ2n) is 7.80. The lowest BCUT2D eigenvalue weighted by Crippen LogP contribution is -2.33. The first kappa shape index (κ1) is 22.3. The Morgan fingerprint density at radius 2 is 1.90 bits per heavy atom. The number of fused-ring (bicyclic) bond motifs is 1. The Morgan fingerprint density at radius 3 is 2.59 bits per heavy atom. The molecule has 0 aliphatic heterocycles. The van der Waals surface area contributed by atoms with Crippen LogP contribution in [0.5, 0.6) is 0 Å². The second kappa shape index (κ2) is 10.0. The third-order valence-corrected chi connectivity index (χ3v) is 4.23. The van der Waals surface area contributed by atoms with Gasteiger partial charge in [-0.1, -0.05) is 24.8 Å². The Bertz CT molecular complexity index is 864. The third kappa shape index (κ3) is 7.18. The van der Waals surface area contributed by atoms with Crippen molar-refractivity contribution in [2.45, 2.75) is 45.6 Å². The molecule has 0 radical (unpaired) electrons. The first-order valence-corrected chi connectivity index (χ1v) is 9.62. The topological polar surface area (TPSA) is 89.7 Å². The van der Waals surface area contributed by atoms with Gasteiger partial charge in [-0.25, -0.2) is 9.59 Å². The number of carbonyl (C=O) groups excluding carboxylic acids is 2. The van der Waals surface area contributed by atoms with Crippen LogP contribution in [0.4, 0.5) is 9.59 Å². The lowest BCUT2D eigenvalue weighted by atomic mass is 10.0. The molecule has 0 fully saturated rings. The van der Waals surface area contributed by atoms with Gasteiger partial charge in [0, 0.05) is 23.1 Å². The number of para-hydroxylation sites is 1. The molecule has 1 amide bonds. The average Bonchev–Trinajstić information content (AvgIpc) is 3.00. The van der Waals surface area contributed by atoms with Gasteiger partial charge in [0.1, 0.15) is 12.2 Å². The number of carbonyl (C=O) groups is 2. The first-order valence-electron chi connectivity index (χ1n) is 9.62. The van der Waals surface area contributed by atoms with E-state index in [1.165, 1.54) is 7.11 Å². The zero-order valence-corrected chi connectivity index (χ0v) is 17.6. The molecule has 2 rings (SSSR count). The van der Waals surface area contributed by atoms with Crippen molar-refractivity contribution in [1.82, 2.24) is 10.3 Å². The summed E-state index contributed by atoms with van der Waals surface area (Å²) in [5.41, 5.74) is 3.55. The molecule has 158 valence electrons. The summed E-state index contributed by atoms with van der Waals surface area (Å²) in [5.74, 6) is 0. The van der Waals surface area contributed by atoms with Crippen LogP contribution in [0, 0.1) is 0 Å². The molecule has 0 unspecified atom stereocenters. The standard InChI is InChI=1S/C22H30N2O5/c1-15(14-28-21(26)27-5)10-11-19-17(16-8-6-7-9-18(16)24-19)12-13-23-20(25)29-22(2,3)4/h6-9,24H,1,10-14H2,2-5H3,(H,23,25). The summed E-state index contributed by atoms with van der Waals surface area (Å²) < 4.78 is 14.7. The van der Waals surface area contributed by atoms with Gasteiger partial charge in [-0.15, -0.1) is 0 Å². The predicted molar refractivity (Wildman–Crippen MR) is 112 cm³/mol. The van der Waals surface area contributed by atoms with E-state index in [1.54, 1.807) is 0 Å². The zero-order chi connectivity index (χ0) is 21.4. The van der Waals surface area contributed by atoms with E-state index in [0.29, 0.717) is 19.4 Å². The van der Waals surface area contributed by atoms with E-state index in [9.17, 15) is 9.59 Å². The second-order valence-corrected chi connectivity index (χ2v) is 7.80. The molecule has 0 aliphatic carbocycles. The summed E-state index contributed by atoms with van der Waals surface area (Å²) in [6, 6.07) is 8.06. The van der Waals surface area contributed by atoms with Crippen LogP contribution >= 0.6 is 0 Å². The van der Waals surface area contributed by atoms with Gasteiger partial charge in [0.15, 0.2) is 0 Å². The van der Waals surface area contributed by atoms with Gasteiger partial charge in [-0.3, -0.25) is 0 Å². The Balaban J connectivity index is 2.00. The number of benzene rings is 1. The van der Waals surface area contributed by atoms with Gasteiger partial charge in [0.05, 0.1) is 7.11 Å². The van der Waals surface area contributed by atoms with Crippen molar-refractivity contribution in [2.75, 3.05) is 20.3 Å². The SMILES string of the molecule is C=C(CCc1[nH]c2ccccc2c1CCNC(=O)OC(C)(C)C)COC(=O)OC. The molecule has 0 aliphatic rings. The Labute approximate surface area is 171 Å². The number of aryl methyl sites for hydroxylation is 1. The molecular weight excluding hydrogens is 372 g/mol. The quantitative estimate of drug-likeness (QED) is 0.501. The molecular formula is C22H30N2O5. The minimum absolute atomic E-state index is 0.127. The molecule has 0 saturated carbocycles. The number of hydrogen-bond acceptors (Lipinski definition) is 5. The van der Waals surface area contributed by atoms with Crippen LogP contribution < -0.4 is 5.32 Å². The fraction of sp³-hybridized carbons (Fsp3) is 0.455. The number of methoxy groups -OCH3 is 1. The first-order chi connectivity index (χ1) is 13.7. The predicted octanol–water partition coefficient (Wildman–Crippen LogP) is 4.51. The fourth-order valence-corrected chi connectivity index (χ4v) is 2.95. The molecule has 7 nitrogen and oxygen atoms in total. The Morgan fingerprint density at radius 1 is 1.17 bits per heavy atom. The summed E-state index contributed by atoms with van der Waals surface area (Å²) in [6.45, 7) is 10.1. The molecule has 0 bridgehead atoms. The van der Waals surface area contributed by atoms with E-state index in [-0.39, 0.29) is 6.61 Å². The summed E-state index contributed by atoms with van der Waals surface area (Å²) in [7, 11) is 1.27. The number of rotatable bonds is 8. The average molecular weight is 402 g/mol. The van der Waals surface area contributed by atoms with Crippen LogP contribution in [0.25, 0.3) is 10.9 Å². The molecule has 7 heteroatoms. The van der Waals surface area contributed by atoms with E-state index in [4.69, 9.17) is 9.47 Å². The maximum atomic E-state index is 11.9. The highest BCUT2D eigenvalue weighted by Gasteiger charge is 2.17. The highest BCUT2D eigenvalue weighted by Crippen LogP contribution is 2.24. The normalized spacial score (nSPS) is 11.2. The summed E-state index contributed by atoms with van der Waals surface area (Å²) in [5, 5.41) is 3.94. The van der Waals surface area contributed by atoms with Crippen LogP contribution in [0.15, 0.2) is 36.4 Å². The zero-order valence-electron chi connectivity index (χ0n) is 17.6. The molecule has 1 aromatic carbocycles. The molecule has 2 N–H and O–H groups in total. The van der Waals surface area contributed by atoms with Gasteiger partial charge in [-0.2, -0.15) is 0 Å². The van der Waals surface area contributed by atoms with Crippen LogP contribution in [0.2, 0.25) is 0 Å². The van der Waals surface area contributed by atoms with Crippen LogP contribution in [-0.4, -0.2) is 43.1 Å². The van der Waals surface area contributed by atoms with Crippen molar-refractivity contribution in [1.29, 1.82) is 0 Å². The number of hydrogen-bond donors (Lipinski definition) is 2. The number of amides is 1. The number of aromatic amines is 1.